The van der Waals surface area contributed by atoms with E-state index in [1.54, 1.807) is 10.9 Å². The van der Waals surface area contributed by atoms with Crippen LogP contribution in [0.25, 0.3) is 11.2 Å². The van der Waals surface area contributed by atoms with Gasteiger partial charge in [0.05, 0.1) is 19.5 Å². The van der Waals surface area contributed by atoms with Crippen LogP contribution in [0.15, 0.2) is 46.2 Å². The number of benzene rings is 1. The van der Waals surface area contributed by atoms with E-state index in [4.69, 9.17) is 4.74 Å². The summed E-state index contributed by atoms with van der Waals surface area (Å²) in [6.45, 7) is 5.36. The second-order valence-electron chi connectivity index (χ2n) is 7.88. The highest BCUT2D eigenvalue weighted by atomic mass is 16.5. The molecular weight excluding hydrogens is 398 g/mol. The maximum absolute atomic E-state index is 13.2. The van der Waals surface area contributed by atoms with Gasteiger partial charge < -0.3 is 14.6 Å². The number of carbonyl (C=O) groups excluding carboxylic acids is 1. The van der Waals surface area contributed by atoms with Crippen molar-refractivity contribution in [3.63, 3.8) is 0 Å². The molecule has 9 heteroatoms. The van der Waals surface area contributed by atoms with Gasteiger partial charge in [-0.05, 0) is 17.9 Å². The van der Waals surface area contributed by atoms with Crippen molar-refractivity contribution in [2.45, 2.75) is 39.9 Å². The molecule has 0 aliphatic carbocycles. The molecule has 0 aliphatic heterocycles. The number of aryl methyl sites for hydroxylation is 1. The van der Waals surface area contributed by atoms with E-state index in [-0.39, 0.29) is 13.1 Å². The molecule has 0 radical (unpaired) electrons. The first-order valence-corrected chi connectivity index (χ1v) is 10.4. The van der Waals surface area contributed by atoms with Crippen LogP contribution in [-0.2, 0) is 29.2 Å². The highest BCUT2D eigenvalue weighted by Gasteiger charge is 2.20. The average molecular weight is 428 g/mol. The molecular formula is C22H29N5O4. The number of nitrogens with zero attached hydrogens (tertiary/aromatic N) is 4. The molecule has 0 atom stereocenters. The zero-order valence-corrected chi connectivity index (χ0v) is 18.2. The van der Waals surface area contributed by atoms with Crippen molar-refractivity contribution in [2.75, 3.05) is 20.3 Å². The molecule has 0 fully saturated rings. The van der Waals surface area contributed by atoms with Crippen LogP contribution in [0, 0.1) is 5.92 Å². The highest BCUT2D eigenvalue weighted by molar-refractivity contribution is 5.76. The van der Waals surface area contributed by atoms with Gasteiger partial charge in [-0.25, -0.2) is 14.3 Å². The molecule has 0 unspecified atom stereocenters. The number of methoxy groups -OCH3 is 1. The number of rotatable bonds is 10. The molecule has 1 aromatic carbocycles. The minimum absolute atomic E-state index is 0.253. The number of carbonyl (C=O) groups is 1. The summed E-state index contributed by atoms with van der Waals surface area (Å²) >= 11 is 0. The highest BCUT2D eigenvalue weighted by Crippen LogP contribution is 2.12. The summed E-state index contributed by atoms with van der Waals surface area (Å²) in [5, 5.41) is 2.66. The fraction of sp³-hybridized carbons (Fsp3) is 0.455. The predicted molar refractivity (Wildman–Crippen MR) is 118 cm³/mol. The van der Waals surface area contributed by atoms with Crippen LogP contribution in [0.3, 0.4) is 0 Å². The summed E-state index contributed by atoms with van der Waals surface area (Å²) < 4.78 is 9.15. The molecule has 0 aliphatic rings. The topological polar surface area (TPSA) is 100 Å². The Kier molecular flexibility index (Phi) is 7.41. The third-order valence-corrected chi connectivity index (χ3v) is 5.04. The van der Waals surface area contributed by atoms with E-state index < -0.39 is 17.2 Å². The van der Waals surface area contributed by atoms with E-state index in [0.717, 1.165) is 16.6 Å². The molecule has 31 heavy (non-hydrogen) atoms. The van der Waals surface area contributed by atoms with Gasteiger partial charge in [0.15, 0.2) is 11.2 Å². The molecule has 3 aromatic rings. The maximum Gasteiger partial charge on any atom is 0.333 e. The molecule has 2 heterocycles. The Morgan fingerprint density at radius 3 is 2.58 bits per heavy atom. The van der Waals surface area contributed by atoms with Crippen LogP contribution < -0.4 is 16.6 Å². The molecule has 1 amide bonds. The Morgan fingerprint density at radius 2 is 1.90 bits per heavy atom. The monoisotopic (exact) mass is 427 g/mol. The smallest absolute Gasteiger partial charge is 0.333 e. The first-order valence-electron chi connectivity index (χ1n) is 10.4. The lowest BCUT2D eigenvalue weighted by molar-refractivity contribution is -0.121. The standard InChI is InChI=1S/C22H29N5O4/c1-16(2)9-11-25-15-24-20-19(25)21(29)27(14-18(28)23-10-12-31-3)22(30)26(20)13-17-7-5-4-6-8-17/h4-8,15-16H,9-14H2,1-3H3,(H,23,28). The third-order valence-electron chi connectivity index (χ3n) is 5.04. The second kappa shape index (κ2) is 10.2. The van der Waals surface area contributed by atoms with E-state index in [1.807, 2.05) is 30.3 Å². The number of nitrogens with one attached hydrogen (secondary N) is 1. The van der Waals surface area contributed by atoms with E-state index in [0.29, 0.717) is 36.8 Å². The normalized spacial score (nSPS) is 11.4. The van der Waals surface area contributed by atoms with Gasteiger partial charge in [-0.3, -0.25) is 14.2 Å². The van der Waals surface area contributed by atoms with Crippen LogP contribution in [-0.4, -0.2) is 44.9 Å². The van der Waals surface area contributed by atoms with E-state index in [9.17, 15) is 14.4 Å². The van der Waals surface area contributed by atoms with Crippen LogP contribution in [0.1, 0.15) is 25.8 Å². The summed E-state index contributed by atoms with van der Waals surface area (Å²) in [6, 6.07) is 9.48. The number of amides is 1. The van der Waals surface area contributed by atoms with Gasteiger partial charge in [-0.2, -0.15) is 0 Å². The van der Waals surface area contributed by atoms with Crippen molar-refractivity contribution in [1.82, 2.24) is 24.0 Å². The quantitative estimate of drug-likeness (QED) is 0.491. The van der Waals surface area contributed by atoms with E-state index in [1.165, 1.54) is 11.7 Å². The third kappa shape index (κ3) is 5.29. The average Bonchev–Trinajstić information content (AvgIpc) is 3.17. The number of fused-ring (bicyclic) bond motifs is 1. The lowest BCUT2D eigenvalue weighted by Crippen LogP contribution is -2.44. The molecule has 0 spiro atoms. The molecule has 1 N–H and O–H groups in total. The lowest BCUT2D eigenvalue weighted by Gasteiger charge is -2.13. The molecule has 2 aromatic heterocycles. The van der Waals surface area contributed by atoms with E-state index in [2.05, 4.69) is 24.1 Å². The summed E-state index contributed by atoms with van der Waals surface area (Å²) in [5.41, 5.74) is 0.502. The minimum atomic E-state index is -0.558. The Hall–Kier alpha value is -3.20. The van der Waals surface area contributed by atoms with Gasteiger partial charge >= 0.3 is 5.69 Å². The number of hydrogen-bond acceptors (Lipinski definition) is 5. The van der Waals surface area contributed by atoms with E-state index >= 15 is 0 Å². The first kappa shape index (κ1) is 22.5. The maximum atomic E-state index is 13.2. The van der Waals surface area contributed by atoms with Gasteiger partial charge in [-0.1, -0.05) is 44.2 Å². The molecule has 0 bridgehead atoms. The predicted octanol–water partition coefficient (Wildman–Crippen LogP) is 1.22. The number of ether oxygens (including phenoxy) is 1. The SMILES string of the molecule is COCCNC(=O)Cn1c(=O)c2c(ncn2CCC(C)C)n(Cc2ccccc2)c1=O. The summed E-state index contributed by atoms with van der Waals surface area (Å²) in [4.78, 5) is 43.2. The Morgan fingerprint density at radius 1 is 1.16 bits per heavy atom. The van der Waals surface area contributed by atoms with Crippen molar-refractivity contribution in [3.05, 3.63) is 63.1 Å². The minimum Gasteiger partial charge on any atom is -0.383 e. The zero-order valence-electron chi connectivity index (χ0n) is 18.2. The lowest BCUT2D eigenvalue weighted by atomic mass is 10.1. The fourth-order valence-electron chi connectivity index (χ4n) is 3.35. The molecule has 0 saturated carbocycles. The second-order valence-corrected chi connectivity index (χ2v) is 7.88. The number of imidazole rings is 1. The van der Waals surface area contributed by atoms with Gasteiger partial charge in [-0.15, -0.1) is 0 Å². The largest absolute Gasteiger partial charge is 0.383 e. The Bertz CT molecular complexity index is 1140. The zero-order chi connectivity index (χ0) is 22.4. The van der Waals surface area contributed by atoms with Crippen LogP contribution in [0.2, 0.25) is 0 Å². The van der Waals surface area contributed by atoms with Gasteiger partial charge in [0.2, 0.25) is 5.91 Å². The summed E-state index contributed by atoms with van der Waals surface area (Å²) in [6.07, 6.45) is 2.46. The van der Waals surface area contributed by atoms with Gasteiger partial charge in [0.25, 0.3) is 5.56 Å². The van der Waals surface area contributed by atoms with Crippen LogP contribution in [0.5, 0.6) is 0 Å². The summed E-state index contributed by atoms with van der Waals surface area (Å²) in [7, 11) is 1.53. The van der Waals surface area contributed by atoms with Crippen LogP contribution in [0.4, 0.5) is 0 Å². The van der Waals surface area contributed by atoms with Crippen molar-refractivity contribution in [1.29, 1.82) is 0 Å². The van der Waals surface area contributed by atoms with Gasteiger partial charge in [0.1, 0.15) is 6.54 Å². The Balaban J connectivity index is 2.08. The van der Waals surface area contributed by atoms with Crippen LogP contribution >= 0.6 is 0 Å². The molecule has 0 saturated heterocycles. The molecule has 3 rings (SSSR count). The van der Waals surface area contributed by atoms with Crippen molar-refractivity contribution in [3.8, 4) is 0 Å². The van der Waals surface area contributed by atoms with Crippen molar-refractivity contribution >= 4 is 17.1 Å². The van der Waals surface area contributed by atoms with Crippen molar-refractivity contribution in [2.24, 2.45) is 5.92 Å². The number of aromatic nitrogens is 4. The number of hydrogen-bond donors (Lipinski definition) is 1. The molecule has 9 nitrogen and oxygen atoms in total. The van der Waals surface area contributed by atoms with Crippen molar-refractivity contribution < 1.29 is 9.53 Å². The van der Waals surface area contributed by atoms with Gasteiger partial charge in [0, 0.05) is 20.2 Å². The Labute approximate surface area is 180 Å². The fourth-order valence-corrected chi connectivity index (χ4v) is 3.35. The summed E-state index contributed by atoms with van der Waals surface area (Å²) in [5.74, 6) is 0.0246. The molecule has 166 valence electrons. The first-order chi connectivity index (χ1) is 14.9.